The molecule has 19 heavy (non-hydrogen) atoms. The number of hydrogen-bond acceptors (Lipinski definition) is 3. The minimum Gasteiger partial charge on any atom is -0.314 e. The van der Waals surface area contributed by atoms with Gasteiger partial charge in [0.15, 0.2) is 0 Å². The van der Waals surface area contributed by atoms with Crippen LogP contribution in [0.25, 0.3) is 0 Å². The first-order valence-electron chi connectivity index (χ1n) is 7.81. The predicted molar refractivity (Wildman–Crippen MR) is 80.8 cm³/mol. The van der Waals surface area contributed by atoms with Crippen LogP contribution in [0.5, 0.6) is 0 Å². The molecule has 1 aliphatic heterocycles. The third-order valence-corrected chi connectivity index (χ3v) is 5.81. The summed E-state index contributed by atoms with van der Waals surface area (Å²) in [6.45, 7) is 6.40. The normalized spacial score (nSPS) is 18.8. The molecule has 114 valence electrons. The molecule has 0 spiro atoms. The Kier molecular flexibility index (Phi) is 7.95. The monoisotopic (exact) mass is 290 g/mol. The quantitative estimate of drug-likeness (QED) is 0.663. The van der Waals surface area contributed by atoms with Crippen molar-refractivity contribution in [2.24, 2.45) is 0 Å². The van der Waals surface area contributed by atoms with E-state index in [-0.39, 0.29) is 5.75 Å². The highest BCUT2D eigenvalue weighted by atomic mass is 32.2. The standard InChI is InChI=1S/C14H30N2O2S/c1-3-5-6-7-8-11-15-14-9-12-16(13-10-14)19(17,18)4-2/h14-15H,3-13H2,1-2H3. The van der Waals surface area contributed by atoms with E-state index in [1.807, 2.05) is 0 Å². The third-order valence-electron chi connectivity index (χ3n) is 3.93. The Labute approximate surface area is 119 Å². The van der Waals surface area contributed by atoms with E-state index in [1.165, 1.54) is 32.1 Å². The van der Waals surface area contributed by atoms with E-state index in [4.69, 9.17) is 0 Å². The van der Waals surface area contributed by atoms with Gasteiger partial charge in [-0.3, -0.25) is 0 Å². The number of rotatable bonds is 9. The third kappa shape index (κ3) is 6.23. The number of sulfonamides is 1. The predicted octanol–water partition coefficient (Wildman–Crippen LogP) is 2.36. The van der Waals surface area contributed by atoms with Gasteiger partial charge < -0.3 is 5.32 Å². The molecule has 0 aliphatic carbocycles. The van der Waals surface area contributed by atoms with E-state index in [2.05, 4.69) is 12.2 Å². The molecule has 1 rings (SSSR count). The highest BCUT2D eigenvalue weighted by Crippen LogP contribution is 2.14. The van der Waals surface area contributed by atoms with E-state index >= 15 is 0 Å². The minimum absolute atomic E-state index is 0.225. The van der Waals surface area contributed by atoms with Gasteiger partial charge in [-0.1, -0.05) is 32.6 Å². The molecule has 4 nitrogen and oxygen atoms in total. The second-order valence-electron chi connectivity index (χ2n) is 5.44. The molecular weight excluding hydrogens is 260 g/mol. The number of hydrogen-bond donors (Lipinski definition) is 1. The average Bonchev–Trinajstić information content (AvgIpc) is 2.43. The van der Waals surface area contributed by atoms with E-state index < -0.39 is 10.0 Å². The lowest BCUT2D eigenvalue weighted by molar-refractivity contribution is 0.289. The Bertz CT molecular complexity index is 322. The Morgan fingerprint density at radius 2 is 1.68 bits per heavy atom. The van der Waals surface area contributed by atoms with Crippen molar-refractivity contribution in [3.05, 3.63) is 0 Å². The maximum atomic E-state index is 11.7. The van der Waals surface area contributed by atoms with Crippen molar-refractivity contribution < 1.29 is 8.42 Å². The second kappa shape index (κ2) is 8.93. The van der Waals surface area contributed by atoms with Crippen molar-refractivity contribution in [2.75, 3.05) is 25.4 Å². The van der Waals surface area contributed by atoms with Crippen molar-refractivity contribution in [1.29, 1.82) is 0 Å². The highest BCUT2D eigenvalue weighted by Gasteiger charge is 2.26. The van der Waals surface area contributed by atoms with Gasteiger partial charge in [0.05, 0.1) is 5.75 Å². The Hall–Kier alpha value is -0.130. The van der Waals surface area contributed by atoms with Crippen LogP contribution in [0.3, 0.4) is 0 Å². The summed E-state index contributed by atoms with van der Waals surface area (Å²) in [4.78, 5) is 0. The zero-order chi connectivity index (χ0) is 14.1. The molecule has 1 N–H and O–H groups in total. The van der Waals surface area contributed by atoms with Crippen LogP contribution in [0.4, 0.5) is 0 Å². The molecule has 0 aromatic rings. The summed E-state index contributed by atoms with van der Waals surface area (Å²) in [5.41, 5.74) is 0. The molecule has 0 bridgehead atoms. The van der Waals surface area contributed by atoms with Gasteiger partial charge >= 0.3 is 0 Å². The summed E-state index contributed by atoms with van der Waals surface area (Å²) >= 11 is 0. The molecule has 0 aromatic heterocycles. The fourth-order valence-corrected chi connectivity index (χ4v) is 3.69. The Balaban J connectivity index is 2.10. The van der Waals surface area contributed by atoms with Gasteiger partial charge in [0.1, 0.15) is 0 Å². The SMILES string of the molecule is CCCCCCCNC1CCN(S(=O)(=O)CC)CC1. The highest BCUT2D eigenvalue weighted by molar-refractivity contribution is 7.89. The number of nitrogens with one attached hydrogen (secondary N) is 1. The Morgan fingerprint density at radius 1 is 1.05 bits per heavy atom. The lowest BCUT2D eigenvalue weighted by Gasteiger charge is -2.31. The smallest absolute Gasteiger partial charge is 0.213 e. The van der Waals surface area contributed by atoms with Gasteiger partial charge in [-0.2, -0.15) is 0 Å². The molecule has 0 atom stereocenters. The van der Waals surface area contributed by atoms with Crippen LogP contribution in [-0.2, 0) is 10.0 Å². The van der Waals surface area contributed by atoms with E-state index in [9.17, 15) is 8.42 Å². The molecule has 1 saturated heterocycles. The van der Waals surface area contributed by atoms with E-state index in [0.29, 0.717) is 19.1 Å². The molecule has 5 heteroatoms. The van der Waals surface area contributed by atoms with Crippen molar-refractivity contribution in [3.63, 3.8) is 0 Å². The largest absolute Gasteiger partial charge is 0.314 e. The van der Waals surface area contributed by atoms with Crippen molar-refractivity contribution in [2.45, 2.75) is 64.8 Å². The Morgan fingerprint density at radius 3 is 2.26 bits per heavy atom. The van der Waals surface area contributed by atoms with E-state index in [1.54, 1.807) is 11.2 Å². The number of piperidine rings is 1. The molecule has 0 aromatic carbocycles. The molecule has 0 saturated carbocycles. The van der Waals surface area contributed by atoms with Gasteiger partial charge in [0.25, 0.3) is 0 Å². The first-order chi connectivity index (χ1) is 9.10. The summed E-state index contributed by atoms with van der Waals surface area (Å²) in [5.74, 6) is 0.225. The second-order valence-corrected chi connectivity index (χ2v) is 7.70. The van der Waals surface area contributed by atoms with Crippen LogP contribution in [0.15, 0.2) is 0 Å². The lowest BCUT2D eigenvalue weighted by atomic mass is 10.1. The summed E-state index contributed by atoms with van der Waals surface area (Å²) < 4.78 is 25.1. The summed E-state index contributed by atoms with van der Waals surface area (Å²) in [7, 11) is -2.97. The zero-order valence-corrected chi connectivity index (χ0v) is 13.3. The zero-order valence-electron chi connectivity index (χ0n) is 12.5. The van der Waals surface area contributed by atoms with Crippen LogP contribution >= 0.6 is 0 Å². The fraction of sp³-hybridized carbons (Fsp3) is 1.00. The number of nitrogens with zero attached hydrogens (tertiary/aromatic N) is 1. The maximum Gasteiger partial charge on any atom is 0.213 e. The lowest BCUT2D eigenvalue weighted by Crippen LogP contribution is -2.45. The van der Waals surface area contributed by atoms with Gasteiger partial charge in [0.2, 0.25) is 10.0 Å². The van der Waals surface area contributed by atoms with Crippen molar-refractivity contribution >= 4 is 10.0 Å². The van der Waals surface area contributed by atoms with Crippen LogP contribution in [0.2, 0.25) is 0 Å². The molecular formula is C14H30N2O2S. The van der Waals surface area contributed by atoms with Crippen LogP contribution in [0, 0.1) is 0 Å². The maximum absolute atomic E-state index is 11.7. The van der Waals surface area contributed by atoms with E-state index in [0.717, 1.165) is 19.4 Å². The molecule has 0 amide bonds. The summed E-state index contributed by atoms with van der Waals surface area (Å²) in [5, 5.41) is 3.57. The minimum atomic E-state index is -2.97. The average molecular weight is 290 g/mol. The first-order valence-corrected chi connectivity index (χ1v) is 9.42. The summed E-state index contributed by atoms with van der Waals surface area (Å²) in [6, 6.07) is 0.509. The molecule has 0 unspecified atom stereocenters. The van der Waals surface area contributed by atoms with Gasteiger partial charge in [0, 0.05) is 19.1 Å². The van der Waals surface area contributed by atoms with Gasteiger partial charge in [-0.25, -0.2) is 12.7 Å². The van der Waals surface area contributed by atoms with Crippen LogP contribution < -0.4 is 5.32 Å². The molecule has 1 heterocycles. The van der Waals surface area contributed by atoms with Crippen molar-refractivity contribution in [3.8, 4) is 0 Å². The van der Waals surface area contributed by atoms with Gasteiger partial charge in [-0.15, -0.1) is 0 Å². The van der Waals surface area contributed by atoms with Gasteiger partial charge in [-0.05, 0) is 32.7 Å². The topological polar surface area (TPSA) is 49.4 Å². The molecule has 0 radical (unpaired) electrons. The van der Waals surface area contributed by atoms with Crippen molar-refractivity contribution in [1.82, 2.24) is 9.62 Å². The fourth-order valence-electron chi connectivity index (χ4n) is 2.56. The first kappa shape index (κ1) is 16.9. The molecule has 1 fully saturated rings. The number of unbranched alkanes of at least 4 members (excludes halogenated alkanes) is 4. The van der Waals surface area contributed by atoms with Crippen LogP contribution in [-0.4, -0.2) is 44.2 Å². The molecule has 1 aliphatic rings. The summed E-state index contributed by atoms with van der Waals surface area (Å²) in [6.07, 6.45) is 8.43. The van der Waals surface area contributed by atoms with Crippen LogP contribution in [0.1, 0.15) is 58.8 Å².